The molecule has 0 unspecified atom stereocenters. The number of nitrogens with zero attached hydrogens (tertiary/aromatic N) is 1. The molecule has 0 radical (unpaired) electrons. The van der Waals surface area contributed by atoms with Crippen molar-refractivity contribution in [2.45, 2.75) is 13.0 Å². The summed E-state index contributed by atoms with van der Waals surface area (Å²) in [7, 11) is 0. The fraction of sp³-hybridized carbons (Fsp3) is 0.182. The monoisotopic (exact) mass is 205 g/mol. The molecule has 78 valence electrons. The highest BCUT2D eigenvalue weighted by Gasteiger charge is 2.03. The van der Waals surface area contributed by atoms with E-state index in [0.29, 0.717) is 18.0 Å². The van der Waals surface area contributed by atoms with Crippen LogP contribution in [0.2, 0.25) is 0 Å². The van der Waals surface area contributed by atoms with Crippen molar-refractivity contribution in [1.29, 1.82) is 0 Å². The molecule has 0 spiro atoms. The van der Waals surface area contributed by atoms with E-state index in [1.165, 1.54) is 6.26 Å². The molecule has 1 aromatic heterocycles. The van der Waals surface area contributed by atoms with Crippen LogP contribution in [-0.2, 0) is 13.0 Å². The van der Waals surface area contributed by atoms with Gasteiger partial charge in [0.15, 0.2) is 5.89 Å². The van der Waals surface area contributed by atoms with Gasteiger partial charge in [-0.25, -0.2) is 4.98 Å². The first-order valence-corrected chi connectivity index (χ1v) is 4.60. The summed E-state index contributed by atoms with van der Waals surface area (Å²) in [6, 6.07) is 6.84. The van der Waals surface area contributed by atoms with E-state index >= 15 is 0 Å². The SMILES string of the molecule is OCc1coc(Cc2ccc(O)cc2)n1. The quantitative estimate of drug-likeness (QED) is 0.796. The summed E-state index contributed by atoms with van der Waals surface area (Å²) in [5.41, 5.74) is 1.53. The third-order valence-corrected chi connectivity index (χ3v) is 2.05. The van der Waals surface area contributed by atoms with Crippen LogP contribution in [0.1, 0.15) is 17.1 Å². The highest BCUT2D eigenvalue weighted by atomic mass is 16.3. The Kier molecular flexibility index (Phi) is 2.69. The molecule has 0 fully saturated rings. The lowest BCUT2D eigenvalue weighted by atomic mass is 10.1. The van der Waals surface area contributed by atoms with Gasteiger partial charge >= 0.3 is 0 Å². The largest absolute Gasteiger partial charge is 0.508 e. The van der Waals surface area contributed by atoms with Crippen LogP contribution in [-0.4, -0.2) is 15.2 Å². The highest BCUT2D eigenvalue weighted by Crippen LogP contribution is 2.13. The number of aliphatic hydroxyl groups is 1. The first-order valence-electron chi connectivity index (χ1n) is 4.60. The van der Waals surface area contributed by atoms with Crippen LogP contribution in [0.3, 0.4) is 0 Å². The molecular weight excluding hydrogens is 194 g/mol. The van der Waals surface area contributed by atoms with Crippen LogP contribution in [0, 0.1) is 0 Å². The van der Waals surface area contributed by atoms with Crippen molar-refractivity contribution in [1.82, 2.24) is 4.98 Å². The van der Waals surface area contributed by atoms with E-state index in [9.17, 15) is 0 Å². The van der Waals surface area contributed by atoms with Crippen LogP contribution in [0.15, 0.2) is 34.9 Å². The second-order valence-corrected chi connectivity index (χ2v) is 3.23. The molecule has 2 N–H and O–H groups in total. The summed E-state index contributed by atoms with van der Waals surface area (Å²) >= 11 is 0. The van der Waals surface area contributed by atoms with Crippen LogP contribution < -0.4 is 0 Å². The van der Waals surface area contributed by atoms with Gasteiger partial charge in [0, 0.05) is 6.42 Å². The van der Waals surface area contributed by atoms with E-state index in [1.807, 2.05) is 0 Å². The van der Waals surface area contributed by atoms with E-state index in [4.69, 9.17) is 14.6 Å². The number of aromatic nitrogens is 1. The van der Waals surface area contributed by atoms with Gasteiger partial charge in [0.1, 0.15) is 17.7 Å². The number of aliphatic hydroxyl groups excluding tert-OH is 1. The van der Waals surface area contributed by atoms with Gasteiger partial charge in [-0.1, -0.05) is 12.1 Å². The summed E-state index contributed by atoms with van der Waals surface area (Å²) in [6.07, 6.45) is 2.00. The van der Waals surface area contributed by atoms with E-state index in [2.05, 4.69) is 4.98 Å². The van der Waals surface area contributed by atoms with Gasteiger partial charge in [0.05, 0.1) is 6.61 Å². The van der Waals surface area contributed by atoms with Gasteiger partial charge in [-0.05, 0) is 17.7 Å². The molecule has 0 bridgehead atoms. The number of rotatable bonds is 3. The van der Waals surface area contributed by atoms with E-state index in [-0.39, 0.29) is 12.4 Å². The molecule has 0 atom stereocenters. The molecule has 0 saturated carbocycles. The molecule has 2 rings (SSSR count). The minimum Gasteiger partial charge on any atom is -0.508 e. The topological polar surface area (TPSA) is 66.5 Å². The third-order valence-electron chi connectivity index (χ3n) is 2.05. The lowest BCUT2D eigenvalue weighted by Gasteiger charge is -1.97. The smallest absolute Gasteiger partial charge is 0.198 e. The summed E-state index contributed by atoms with van der Waals surface area (Å²) in [4.78, 5) is 4.07. The fourth-order valence-electron chi connectivity index (χ4n) is 1.29. The van der Waals surface area contributed by atoms with Gasteiger partial charge in [-0.3, -0.25) is 0 Å². The number of hydrogen-bond donors (Lipinski definition) is 2. The summed E-state index contributed by atoms with van der Waals surface area (Å²) in [6.45, 7) is -0.112. The summed E-state index contributed by atoms with van der Waals surface area (Å²) in [5.74, 6) is 0.798. The average molecular weight is 205 g/mol. The molecule has 2 aromatic rings. The molecule has 15 heavy (non-hydrogen) atoms. The Balaban J connectivity index is 2.11. The Morgan fingerprint density at radius 2 is 1.93 bits per heavy atom. The first-order chi connectivity index (χ1) is 7.28. The van der Waals surface area contributed by atoms with E-state index < -0.39 is 0 Å². The molecule has 4 heteroatoms. The van der Waals surface area contributed by atoms with E-state index in [1.54, 1.807) is 24.3 Å². The zero-order chi connectivity index (χ0) is 10.7. The highest BCUT2D eigenvalue weighted by molar-refractivity contribution is 5.27. The Morgan fingerprint density at radius 3 is 2.53 bits per heavy atom. The molecule has 0 aliphatic heterocycles. The van der Waals surface area contributed by atoms with Crippen molar-refractivity contribution in [3.05, 3.63) is 47.7 Å². The molecular formula is C11H11NO3. The number of phenolic OH excluding ortho intramolecular Hbond substituents is 1. The standard InChI is InChI=1S/C11H11NO3/c13-6-9-7-15-11(12-9)5-8-1-3-10(14)4-2-8/h1-4,7,13-14H,5-6H2. The molecule has 0 aliphatic carbocycles. The van der Waals surface area contributed by atoms with Crippen molar-refractivity contribution in [2.75, 3.05) is 0 Å². The van der Waals surface area contributed by atoms with Gasteiger partial charge in [0.25, 0.3) is 0 Å². The Bertz CT molecular complexity index is 433. The normalized spacial score (nSPS) is 10.5. The van der Waals surface area contributed by atoms with Gasteiger partial charge in [0.2, 0.25) is 0 Å². The molecule has 1 aromatic carbocycles. The predicted octanol–water partition coefficient (Wildman–Crippen LogP) is 1.46. The van der Waals surface area contributed by atoms with Crippen molar-refractivity contribution >= 4 is 0 Å². The minimum atomic E-state index is -0.112. The maximum atomic E-state index is 9.09. The van der Waals surface area contributed by atoms with Crippen LogP contribution in [0.5, 0.6) is 5.75 Å². The predicted molar refractivity (Wildman–Crippen MR) is 53.3 cm³/mol. The zero-order valence-electron chi connectivity index (χ0n) is 8.05. The fourth-order valence-corrected chi connectivity index (χ4v) is 1.29. The zero-order valence-corrected chi connectivity index (χ0v) is 8.05. The Labute approximate surface area is 86.8 Å². The van der Waals surface area contributed by atoms with Gasteiger partial charge < -0.3 is 14.6 Å². The second kappa shape index (κ2) is 4.14. The van der Waals surface area contributed by atoms with Crippen molar-refractivity contribution in [2.24, 2.45) is 0 Å². The lowest BCUT2D eigenvalue weighted by molar-refractivity contribution is 0.276. The second-order valence-electron chi connectivity index (χ2n) is 3.23. The Hall–Kier alpha value is -1.81. The van der Waals surface area contributed by atoms with Crippen LogP contribution in [0.25, 0.3) is 0 Å². The number of benzene rings is 1. The van der Waals surface area contributed by atoms with Gasteiger partial charge in [-0.15, -0.1) is 0 Å². The molecule has 1 heterocycles. The molecule has 0 saturated heterocycles. The summed E-state index contributed by atoms with van der Waals surface area (Å²) < 4.78 is 5.16. The van der Waals surface area contributed by atoms with Crippen molar-refractivity contribution in [3.63, 3.8) is 0 Å². The lowest BCUT2D eigenvalue weighted by Crippen LogP contribution is -1.89. The number of phenols is 1. The first kappa shape index (κ1) is 9.73. The molecule has 4 nitrogen and oxygen atoms in total. The van der Waals surface area contributed by atoms with Crippen molar-refractivity contribution in [3.8, 4) is 5.75 Å². The molecule has 0 amide bonds. The molecule has 0 aliphatic rings. The van der Waals surface area contributed by atoms with Crippen LogP contribution >= 0.6 is 0 Å². The number of oxazole rings is 1. The van der Waals surface area contributed by atoms with Gasteiger partial charge in [-0.2, -0.15) is 0 Å². The number of hydrogen-bond acceptors (Lipinski definition) is 4. The average Bonchev–Trinajstić information content (AvgIpc) is 2.69. The van der Waals surface area contributed by atoms with E-state index in [0.717, 1.165) is 5.56 Å². The number of aromatic hydroxyl groups is 1. The van der Waals surface area contributed by atoms with Crippen molar-refractivity contribution < 1.29 is 14.6 Å². The summed E-state index contributed by atoms with van der Waals surface area (Å²) in [5, 5.41) is 17.9. The third kappa shape index (κ3) is 2.35. The maximum absolute atomic E-state index is 9.09. The van der Waals surface area contributed by atoms with Crippen LogP contribution in [0.4, 0.5) is 0 Å². The Morgan fingerprint density at radius 1 is 1.20 bits per heavy atom. The maximum Gasteiger partial charge on any atom is 0.198 e. The minimum absolute atomic E-state index is 0.112.